The van der Waals surface area contributed by atoms with Crippen LogP contribution in [0, 0.1) is 0 Å². The second kappa shape index (κ2) is 8.33. The van der Waals surface area contributed by atoms with Crippen LogP contribution in [0.25, 0.3) is 17.4 Å². The molecule has 0 saturated carbocycles. The first-order valence-corrected chi connectivity index (χ1v) is 10.7. The van der Waals surface area contributed by atoms with E-state index in [0.29, 0.717) is 39.9 Å². The third kappa shape index (κ3) is 4.04. The number of anilines is 2. The van der Waals surface area contributed by atoms with E-state index in [1.54, 1.807) is 18.4 Å². The van der Waals surface area contributed by atoms with Gasteiger partial charge in [-0.05, 0) is 30.7 Å². The Morgan fingerprint density at radius 2 is 1.81 bits per heavy atom. The highest BCUT2D eigenvalue weighted by atomic mass is 35.5. The normalized spacial score (nSPS) is 15.5. The van der Waals surface area contributed by atoms with Crippen LogP contribution < -0.4 is 10.6 Å². The van der Waals surface area contributed by atoms with E-state index in [1.165, 1.54) is 4.52 Å². The van der Waals surface area contributed by atoms with Gasteiger partial charge < -0.3 is 15.1 Å². The van der Waals surface area contributed by atoms with Crippen LogP contribution in [0.1, 0.15) is 12.0 Å². The quantitative estimate of drug-likeness (QED) is 0.496. The summed E-state index contributed by atoms with van der Waals surface area (Å²) in [4.78, 5) is 17.9. The Labute approximate surface area is 188 Å². The number of fused-ring (bicyclic) bond motifs is 1. The predicted octanol–water partition coefficient (Wildman–Crippen LogP) is 3.38. The fourth-order valence-corrected chi connectivity index (χ4v) is 4.20. The van der Waals surface area contributed by atoms with E-state index >= 15 is 0 Å². The molecular weight excluding hydrogens is 439 g/mol. The van der Waals surface area contributed by atoms with Gasteiger partial charge in [0.2, 0.25) is 17.7 Å². The molecule has 4 heterocycles. The van der Waals surface area contributed by atoms with Crippen molar-refractivity contribution in [2.24, 2.45) is 0 Å². The Morgan fingerprint density at radius 3 is 2.58 bits per heavy atom. The molecule has 0 aliphatic carbocycles. The summed E-state index contributed by atoms with van der Waals surface area (Å²) >= 11 is 12.7. The fraction of sp³-hybridized carbons (Fsp3) is 0.300. The van der Waals surface area contributed by atoms with Gasteiger partial charge in [-0.1, -0.05) is 29.3 Å². The van der Waals surface area contributed by atoms with Gasteiger partial charge in [-0.15, -0.1) is 5.10 Å². The van der Waals surface area contributed by atoms with E-state index in [1.807, 2.05) is 18.2 Å². The standard InChI is InChI=1S/C20H20Cl2N8O/c21-14-4-1-5-15(22)13(14)12-28-7-3-8-29(10-9-28)19-25-18(23)30-20(26-19)24-17(27-30)16-6-2-11-31-16/h1-2,4-6,11H,3,7-10,12H2,(H2,23,24,25,26,27). The lowest BCUT2D eigenvalue weighted by Crippen LogP contribution is -2.32. The molecule has 0 amide bonds. The van der Waals surface area contributed by atoms with Crippen LogP contribution in [0.3, 0.4) is 0 Å². The third-order valence-corrected chi connectivity index (χ3v) is 5.99. The minimum atomic E-state index is 0.231. The van der Waals surface area contributed by atoms with E-state index in [2.05, 4.69) is 29.9 Å². The van der Waals surface area contributed by atoms with E-state index in [-0.39, 0.29) is 5.95 Å². The van der Waals surface area contributed by atoms with Crippen molar-refractivity contribution in [3.63, 3.8) is 0 Å². The van der Waals surface area contributed by atoms with Crippen LogP contribution in [-0.4, -0.2) is 55.6 Å². The maximum atomic E-state index is 6.35. The number of halogens is 2. The van der Waals surface area contributed by atoms with Crippen molar-refractivity contribution in [2.75, 3.05) is 36.8 Å². The summed E-state index contributed by atoms with van der Waals surface area (Å²) in [5.74, 6) is 2.13. The molecule has 1 fully saturated rings. The number of hydrogen-bond donors (Lipinski definition) is 1. The highest BCUT2D eigenvalue weighted by molar-refractivity contribution is 6.35. The molecule has 0 radical (unpaired) electrons. The summed E-state index contributed by atoms with van der Waals surface area (Å²) in [6.45, 7) is 3.99. The average molecular weight is 459 g/mol. The zero-order valence-corrected chi connectivity index (χ0v) is 18.1. The monoisotopic (exact) mass is 458 g/mol. The van der Waals surface area contributed by atoms with Gasteiger partial charge in [0.1, 0.15) is 0 Å². The molecule has 3 aromatic heterocycles. The maximum absolute atomic E-state index is 6.35. The van der Waals surface area contributed by atoms with E-state index in [0.717, 1.165) is 38.2 Å². The van der Waals surface area contributed by atoms with Gasteiger partial charge >= 0.3 is 0 Å². The molecule has 9 nitrogen and oxygen atoms in total. The highest BCUT2D eigenvalue weighted by Crippen LogP contribution is 2.26. The molecular formula is C20H20Cl2N8O. The van der Waals surface area contributed by atoms with Crippen molar-refractivity contribution in [1.29, 1.82) is 0 Å². The second-order valence-electron chi connectivity index (χ2n) is 7.32. The Kier molecular flexibility index (Phi) is 5.39. The summed E-state index contributed by atoms with van der Waals surface area (Å²) in [6.07, 6.45) is 2.52. The molecule has 1 aliphatic rings. The predicted molar refractivity (Wildman–Crippen MR) is 119 cm³/mol. The van der Waals surface area contributed by atoms with Crippen LogP contribution in [0.5, 0.6) is 0 Å². The molecule has 11 heteroatoms. The largest absolute Gasteiger partial charge is 0.461 e. The van der Waals surface area contributed by atoms with Gasteiger partial charge in [0.05, 0.1) is 6.26 Å². The zero-order valence-electron chi connectivity index (χ0n) is 16.6. The smallest absolute Gasteiger partial charge is 0.259 e. The summed E-state index contributed by atoms with van der Waals surface area (Å²) in [6, 6.07) is 9.16. The average Bonchev–Trinajstić information content (AvgIpc) is 3.37. The SMILES string of the molecule is Nc1nc(N2CCCN(Cc3c(Cl)cccc3Cl)CC2)nc2nc(-c3ccco3)nn12. The first-order chi connectivity index (χ1) is 15.1. The minimum Gasteiger partial charge on any atom is -0.461 e. The number of nitrogens with zero attached hydrogens (tertiary/aromatic N) is 7. The van der Waals surface area contributed by atoms with Crippen molar-refractivity contribution >= 4 is 40.9 Å². The molecule has 0 bridgehead atoms. The maximum Gasteiger partial charge on any atom is 0.259 e. The topological polar surface area (TPSA) is 102 Å². The molecule has 0 spiro atoms. The fourth-order valence-electron chi connectivity index (χ4n) is 3.68. The molecule has 0 unspecified atom stereocenters. The molecule has 0 atom stereocenters. The Morgan fingerprint density at radius 1 is 0.968 bits per heavy atom. The molecule has 160 valence electrons. The van der Waals surface area contributed by atoms with Crippen molar-refractivity contribution in [3.05, 3.63) is 52.2 Å². The summed E-state index contributed by atoms with van der Waals surface area (Å²) in [5, 5.41) is 5.72. The summed E-state index contributed by atoms with van der Waals surface area (Å²) in [5.41, 5.74) is 7.10. The Hall–Kier alpha value is -2.88. The first kappa shape index (κ1) is 20.0. The molecule has 2 N–H and O–H groups in total. The number of nitrogen functional groups attached to an aromatic ring is 1. The van der Waals surface area contributed by atoms with Gasteiger partial charge in [0.15, 0.2) is 5.76 Å². The van der Waals surface area contributed by atoms with Crippen molar-refractivity contribution in [1.82, 2.24) is 29.5 Å². The third-order valence-electron chi connectivity index (χ3n) is 5.28. The lowest BCUT2D eigenvalue weighted by Gasteiger charge is -2.22. The van der Waals surface area contributed by atoms with Crippen LogP contribution in [0.2, 0.25) is 10.0 Å². The summed E-state index contributed by atoms with van der Waals surface area (Å²) < 4.78 is 6.79. The van der Waals surface area contributed by atoms with Crippen LogP contribution in [0.15, 0.2) is 41.0 Å². The molecule has 1 saturated heterocycles. The van der Waals surface area contributed by atoms with Crippen molar-refractivity contribution in [3.8, 4) is 11.6 Å². The number of furan rings is 1. The highest BCUT2D eigenvalue weighted by Gasteiger charge is 2.21. The van der Waals surface area contributed by atoms with E-state index in [4.69, 9.17) is 33.4 Å². The number of benzene rings is 1. The lowest BCUT2D eigenvalue weighted by atomic mass is 10.2. The molecule has 4 aromatic rings. The van der Waals surface area contributed by atoms with Gasteiger partial charge in [0.25, 0.3) is 5.78 Å². The van der Waals surface area contributed by atoms with Gasteiger partial charge in [-0.3, -0.25) is 4.90 Å². The first-order valence-electron chi connectivity index (χ1n) is 9.93. The van der Waals surface area contributed by atoms with Crippen molar-refractivity contribution < 1.29 is 4.42 Å². The Balaban J connectivity index is 1.35. The van der Waals surface area contributed by atoms with Gasteiger partial charge in [-0.2, -0.15) is 19.5 Å². The van der Waals surface area contributed by atoms with Gasteiger partial charge in [-0.25, -0.2) is 0 Å². The summed E-state index contributed by atoms with van der Waals surface area (Å²) in [7, 11) is 0. The number of hydrogen-bond acceptors (Lipinski definition) is 8. The molecule has 31 heavy (non-hydrogen) atoms. The number of aromatic nitrogens is 5. The van der Waals surface area contributed by atoms with Crippen LogP contribution >= 0.6 is 23.2 Å². The van der Waals surface area contributed by atoms with Crippen molar-refractivity contribution in [2.45, 2.75) is 13.0 Å². The van der Waals surface area contributed by atoms with Crippen LogP contribution in [-0.2, 0) is 6.54 Å². The zero-order chi connectivity index (χ0) is 21.4. The lowest BCUT2D eigenvalue weighted by molar-refractivity contribution is 0.285. The number of rotatable bonds is 4. The van der Waals surface area contributed by atoms with E-state index in [9.17, 15) is 0 Å². The van der Waals surface area contributed by atoms with E-state index < -0.39 is 0 Å². The molecule has 1 aliphatic heterocycles. The molecule has 5 rings (SSSR count). The number of nitrogens with two attached hydrogens (primary N) is 1. The van der Waals surface area contributed by atoms with Crippen LogP contribution in [0.4, 0.5) is 11.9 Å². The molecule has 1 aromatic carbocycles. The second-order valence-corrected chi connectivity index (χ2v) is 8.14. The minimum absolute atomic E-state index is 0.231. The Bertz CT molecular complexity index is 1190. The van der Waals surface area contributed by atoms with Gasteiger partial charge in [0, 0.05) is 48.3 Å².